The normalized spacial score (nSPS) is 14.3. The molecular formula is C14H30N2OS. The molecule has 2 atom stereocenters. The molecule has 2 unspecified atom stereocenters. The van der Waals surface area contributed by atoms with E-state index in [0.29, 0.717) is 18.4 Å². The zero-order valence-corrected chi connectivity index (χ0v) is 13.3. The molecule has 0 aromatic carbocycles. The second-order valence-electron chi connectivity index (χ2n) is 5.03. The summed E-state index contributed by atoms with van der Waals surface area (Å²) >= 11 is 1.84. The van der Waals surface area contributed by atoms with Gasteiger partial charge in [-0.3, -0.25) is 4.79 Å². The number of carbonyl (C=O) groups excluding carboxylic acids is 1. The molecule has 0 fully saturated rings. The first-order valence-electron chi connectivity index (χ1n) is 7.01. The van der Waals surface area contributed by atoms with Crippen molar-refractivity contribution in [3.63, 3.8) is 0 Å². The second kappa shape index (κ2) is 10.7. The third-order valence-electron chi connectivity index (χ3n) is 3.71. The smallest absolute Gasteiger partial charge is 0.222 e. The molecule has 108 valence electrons. The van der Waals surface area contributed by atoms with E-state index in [9.17, 15) is 4.79 Å². The lowest BCUT2D eigenvalue weighted by Gasteiger charge is -2.25. The molecule has 0 aromatic rings. The molecule has 0 radical (unpaired) electrons. The maximum Gasteiger partial charge on any atom is 0.222 e. The molecule has 0 bridgehead atoms. The van der Waals surface area contributed by atoms with Crippen molar-refractivity contribution in [2.75, 3.05) is 25.6 Å². The molecule has 0 aliphatic heterocycles. The molecule has 0 rings (SSSR count). The summed E-state index contributed by atoms with van der Waals surface area (Å²) in [6.07, 6.45) is 6.98. The number of nitrogens with zero attached hydrogens (tertiary/aromatic N) is 1. The molecule has 0 aliphatic rings. The van der Waals surface area contributed by atoms with Crippen molar-refractivity contribution in [2.24, 2.45) is 11.7 Å². The molecule has 18 heavy (non-hydrogen) atoms. The summed E-state index contributed by atoms with van der Waals surface area (Å²) in [7, 11) is 1.93. The number of nitrogens with two attached hydrogens (primary N) is 1. The molecule has 0 saturated carbocycles. The van der Waals surface area contributed by atoms with E-state index in [-0.39, 0.29) is 5.91 Å². The number of hydrogen-bond acceptors (Lipinski definition) is 3. The van der Waals surface area contributed by atoms with E-state index < -0.39 is 0 Å². The average Bonchev–Trinajstić information content (AvgIpc) is 2.39. The summed E-state index contributed by atoms with van der Waals surface area (Å²) in [5.74, 6) is 2.00. The number of amides is 1. The molecule has 0 saturated heterocycles. The first-order valence-corrected chi connectivity index (χ1v) is 8.40. The minimum absolute atomic E-state index is 0.277. The fraction of sp³-hybridized carbons (Fsp3) is 0.929. The highest BCUT2D eigenvalue weighted by Gasteiger charge is 2.16. The lowest BCUT2D eigenvalue weighted by molar-refractivity contribution is -0.132. The molecule has 0 heterocycles. The maximum atomic E-state index is 12.1. The van der Waals surface area contributed by atoms with E-state index in [4.69, 9.17) is 5.73 Å². The lowest BCUT2D eigenvalue weighted by atomic mass is 9.96. The van der Waals surface area contributed by atoms with Crippen molar-refractivity contribution < 1.29 is 4.79 Å². The van der Waals surface area contributed by atoms with Gasteiger partial charge in [-0.05, 0) is 50.7 Å². The van der Waals surface area contributed by atoms with E-state index in [1.807, 2.05) is 23.7 Å². The van der Waals surface area contributed by atoms with Crippen LogP contribution in [0.2, 0.25) is 0 Å². The first kappa shape index (κ1) is 17.8. The van der Waals surface area contributed by atoms with Crippen molar-refractivity contribution in [1.82, 2.24) is 4.90 Å². The lowest BCUT2D eigenvalue weighted by Crippen LogP contribution is -2.35. The summed E-state index contributed by atoms with van der Waals surface area (Å²) in [4.78, 5) is 14.0. The van der Waals surface area contributed by atoms with Gasteiger partial charge in [0.05, 0.1) is 0 Å². The Morgan fingerprint density at radius 1 is 1.33 bits per heavy atom. The molecule has 3 nitrogen and oxygen atoms in total. The molecule has 1 amide bonds. The summed E-state index contributed by atoms with van der Waals surface area (Å²) in [5.41, 5.74) is 5.58. The van der Waals surface area contributed by atoms with Crippen molar-refractivity contribution in [2.45, 2.75) is 52.0 Å². The highest BCUT2D eigenvalue weighted by atomic mass is 32.2. The Hall–Kier alpha value is -0.220. The Balaban J connectivity index is 3.99. The summed E-state index contributed by atoms with van der Waals surface area (Å²) < 4.78 is 0. The van der Waals surface area contributed by atoms with Crippen molar-refractivity contribution >= 4 is 17.7 Å². The van der Waals surface area contributed by atoms with Gasteiger partial charge in [0.15, 0.2) is 0 Å². The molecule has 0 aromatic heterocycles. The van der Waals surface area contributed by atoms with E-state index in [2.05, 4.69) is 20.1 Å². The first-order chi connectivity index (χ1) is 8.56. The largest absolute Gasteiger partial charge is 0.343 e. The van der Waals surface area contributed by atoms with Crippen LogP contribution in [0.5, 0.6) is 0 Å². The van der Waals surface area contributed by atoms with Gasteiger partial charge < -0.3 is 10.6 Å². The molecule has 0 spiro atoms. The van der Waals surface area contributed by atoms with Gasteiger partial charge in [0, 0.05) is 19.5 Å². The van der Waals surface area contributed by atoms with Crippen LogP contribution >= 0.6 is 11.8 Å². The number of rotatable bonds is 10. The topological polar surface area (TPSA) is 46.3 Å². The van der Waals surface area contributed by atoms with Crippen molar-refractivity contribution in [3.05, 3.63) is 0 Å². The van der Waals surface area contributed by atoms with Crippen LogP contribution in [0, 0.1) is 5.92 Å². The van der Waals surface area contributed by atoms with Gasteiger partial charge in [-0.2, -0.15) is 11.8 Å². The van der Waals surface area contributed by atoms with E-state index in [1.165, 1.54) is 0 Å². The van der Waals surface area contributed by atoms with E-state index in [1.54, 1.807) is 0 Å². The number of thioether (sulfide) groups is 1. The van der Waals surface area contributed by atoms with E-state index in [0.717, 1.165) is 38.0 Å². The van der Waals surface area contributed by atoms with Gasteiger partial charge in [-0.25, -0.2) is 0 Å². The van der Waals surface area contributed by atoms with Crippen LogP contribution in [-0.2, 0) is 4.79 Å². The minimum atomic E-state index is 0.277. The maximum absolute atomic E-state index is 12.1. The molecule has 4 heteroatoms. The second-order valence-corrected chi connectivity index (χ2v) is 6.01. The Labute approximate surface area is 117 Å². The molecule has 2 N–H and O–H groups in total. The summed E-state index contributed by atoms with van der Waals surface area (Å²) in [6.45, 7) is 5.04. The van der Waals surface area contributed by atoms with Crippen LogP contribution < -0.4 is 5.73 Å². The van der Waals surface area contributed by atoms with Crippen LogP contribution in [0.25, 0.3) is 0 Å². The van der Waals surface area contributed by atoms with Gasteiger partial charge in [0.25, 0.3) is 0 Å². The average molecular weight is 274 g/mol. The van der Waals surface area contributed by atoms with Crippen LogP contribution in [0.15, 0.2) is 0 Å². The quantitative estimate of drug-likeness (QED) is 0.666. The van der Waals surface area contributed by atoms with Crippen LogP contribution in [0.3, 0.4) is 0 Å². The molecular weight excluding hydrogens is 244 g/mol. The Morgan fingerprint density at radius 2 is 2.00 bits per heavy atom. The van der Waals surface area contributed by atoms with Crippen LogP contribution in [-0.4, -0.2) is 42.4 Å². The van der Waals surface area contributed by atoms with E-state index >= 15 is 0 Å². The standard InChI is InChI=1S/C14H30N2OS/c1-5-13(8-10-15)6-7-14(17)16(3)12(2)9-11-18-4/h12-13H,5-11,15H2,1-4H3. The van der Waals surface area contributed by atoms with Crippen LogP contribution in [0.1, 0.15) is 46.0 Å². The Morgan fingerprint density at radius 3 is 2.50 bits per heavy atom. The molecule has 0 aliphatic carbocycles. The fourth-order valence-electron chi connectivity index (χ4n) is 2.02. The zero-order valence-electron chi connectivity index (χ0n) is 12.4. The SMILES string of the molecule is CCC(CCN)CCC(=O)N(C)C(C)CCSC. The van der Waals surface area contributed by atoms with Crippen LogP contribution in [0.4, 0.5) is 0 Å². The zero-order chi connectivity index (χ0) is 14.0. The Kier molecular flexibility index (Phi) is 10.5. The fourth-order valence-corrected chi connectivity index (χ4v) is 2.60. The van der Waals surface area contributed by atoms with Gasteiger partial charge in [0.2, 0.25) is 5.91 Å². The summed E-state index contributed by atoms with van der Waals surface area (Å²) in [5, 5.41) is 0. The minimum Gasteiger partial charge on any atom is -0.343 e. The highest BCUT2D eigenvalue weighted by Crippen LogP contribution is 2.16. The third-order valence-corrected chi connectivity index (χ3v) is 4.36. The van der Waals surface area contributed by atoms with Gasteiger partial charge in [-0.15, -0.1) is 0 Å². The van der Waals surface area contributed by atoms with Gasteiger partial charge in [0.1, 0.15) is 0 Å². The Bertz CT molecular complexity index is 224. The summed E-state index contributed by atoms with van der Waals surface area (Å²) in [6, 6.07) is 0.347. The predicted octanol–water partition coefficient (Wildman–Crippen LogP) is 2.74. The van der Waals surface area contributed by atoms with Gasteiger partial charge in [-0.1, -0.05) is 13.3 Å². The highest BCUT2D eigenvalue weighted by molar-refractivity contribution is 7.98. The van der Waals surface area contributed by atoms with Crippen molar-refractivity contribution in [3.8, 4) is 0 Å². The van der Waals surface area contributed by atoms with Crippen molar-refractivity contribution in [1.29, 1.82) is 0 Å². The predicted molar refractivity (Wildman–Crippen MR) is 81.9 cm³/mol. The third kappa shape index (κ3) is 7.27. The number of carbonyl (C=O) groups is 1. The number of hydrogen-bond donors (Lipinski definition) is 1. The monoisotopic (exact) mass is 274 g/mol. The van der Waals surface area contributed by atoms with Gasteiger partial charge >= 0.3 is 0 Å².